The van der Waals surface area contributed by atoms with Gasteiger partial charge >= 0.3 is 0 Å². The van der Waals surface area contributed by atoms with Crippen LogP contribution in [0.1, 0.15) is 111 Å². The van der Waals surface area contributed by atoms with E-state index in [-0.39, 0.29) is 0 Å². The lowest BCUT2D eigenvalue weighted by molar-refractivity contribution is -0.873. The molecule has 0 aliphatic carbocycles. The van der Waals surface area contributed by atoms with Crippen LogP contribution in [0.4, 0.5) is 0 Å². The van der Waals surface area contributed by atoms with Gasteiger partial charge < -0.3 is 18.8 Å². The Labute approximate surface area is 178 Å². The van der Waals surface area contributed by atoms with Gasteiger partial charge in [0, 0.05) is 34.3 Å². The summed E-state index contributed by atoms with van der Waals surface area (Å²) in [6.45, 7) is -4.95. The van der Waals surface area contributed by atoms with Crippen molar-refractivity contribution in [1.29, 1.82) is 0 Å². The van der Waals surface area contributed by atoms with Gasteiger partial charge in [-0.15, -0.1) is 0 Å². The summed E-state index contributed by atoms with van der Waals surface area (Å²) in [6, 6.07) is 0. The Morgan fingerprint density at radius 3 is 2.00 bits per heavy atom. The van der Waals surface area contributed by atoms with Crippen molar-refractivity contribution < 1.29 is 57.6 Å². The van der Waals surface area contributed by atoms with E-state index in [2.05, 4.69) is 4.52 Å². The summed E-state index contributed by atoms with van der Waals surface area (Å²) in [5.74, 6) is 0. The second-order valence-electron chi connectivity index (χ2n) is 4.93. The molecule has 140 valence electrons. The van der Waals surface area contributed by atoms with Gasteiger partial charge in [0.1, 0.15) is 12.6 Å². The van der Waals surface area contributed by atoms with Crippen molar-refractivity contribution in [3.8, 4) is 0 Å². The predicted molar refractivity (Wildman–Crippen MR) is 94.1 cm³/mol. The fourth-order valence-electron chi connectivity index (χ4n) is 1.13. The van der Waals surface area contributed by atoms with E-state index < -0.39 is 102 Å². The van der Waals surface area contributed by atoms with Crippen LogP contribution >= 0.6 is 7.82 Å². The van der Waals surface area contributed by atoms with Crippen LogP contribution in [-0.2, 0) is 9.09 Å². The lowest BCUT2D eigenvalue weighted by Gasteiger charge is -2.31. The van der Waals surface area contributed by atoms with E-state index in [1.54, 1.807) is 0 Å². The zero-order valence-electron chi connectivity index (χ0n) is 37.9. The number of nitrogens with zero attached hydrogens (tertiary/aromatic N) is 1. The van der Waals surface area contributed by atoms with Crippen molar-refractivity contribution in [1.82, 2.24) is 0 Å². The molecule has 5 nitrogen and oxygen atoms in total. The zero-order chi connectivity index (χ0) is 40.0. The number of hydrogen-bond acceptors (Lipinski definition) is 3. The number of rotatable bonds is 15. The smallest absolute Gasteiger partial charge is 0.265 e. The molecule has 0 saturated carbocycles. The van der Waals surface area contributed by atoms with Crippen LogP contribution < -0.4 is 4.89 Å². The van der Waals surface area contributed by atoms with E-state index in [0.29, 0.717) is 0 Å². The molecule has 0 bridgehead atoms. The molecular formula is C17H38NO4P. The van der Waals surface area contributed by atoms with E-state index >= 15 is 0 Å². The summed E-state index contributed by atoms with van der Waals surface area (Å²) >= 11 is 0. The largest absolute Gasteiger partial charge is 0.756 e. The van der Waals surface area contributed by atoms with Crippen LogP contribution in [-0.4, -0.2) is 43.2 Å². The maximum absolute atomic E-state index is 11.5. The molecule has 0 aromatic rings. The summed E-state index contributed by atoms with van der Waals surface area (Å²) in [7, 11) is -2.13. The Morgan fingerprint density at radius 1 is 1.09 bits per heavy atom. The maximum atomic E-state index is 11.5. The van der Waals surface area contributed by atoms with Gasteiger partial charge in [-0.25, -0.2) is 0 Å². The first kappa shape index (κ1) is 5.07. The molecule has 2 unspecified atom stereocenters. The molecule has 0 aromatic carbocycles. The molecule has 0 amide bonds. The summed E-state index contributed by atoms with van der Waals surface area (Å²) in [6.07, 6.45) is -54.3. The van der Waals surface area contributed by atoms with Gasteiger partial charge in [0.25, 0.3) is 7.82 Å². The predicted octanol–water partition coefficient (Wildman–Crippen LogP) is 3.85. The van der Waals surface area contributed by atoms with Crippen molar-refractivity contribution in [2.24, 2.45) is 0 Å². The molecule has 2 atom stereocenters. The maximum Gasteiger partial charge on any atom is 0.265 e. The molecule has 0 rings (SSSR count). The summed E-state index contributed by atoms with van der Waals surface area (Å²) < 4.78 is 215. The Balaban J connectivity index is 7.55. The van der Waals surface area contributed by atoms with Crippen molar-refractivity contribution in [2.75, 3.05) is 27.7 Å². The van der Waals surface area contributed by atoms with Crippen LogP contribution in [0.5, 0.6) is 0 Å². The van der Waals surface area contributed by atoms with Gasteiger partial charge in [-0.05, 0) is 6.37 Å². The highest BCUT2D eigenvalue weighted by atomic mass is 31.2. The topological polar surface area (TPSA) is 69.6 Å². The molecule has 0 saturated heterocycles. The van der Waals surface area contributed by atoms with E-state index in [1.807, 2.05) is 0 Å². The monoisotopic (exact) mass is 376 g/mol. The van der Waals surface area contributed by atoms with Crippen LogP contribution in [0, 0.1) is 0 Å². The summed E-state index contributed by atoms with van der Waals surface area (Å²) in [4.78, 5) is 20.7. The highest BCUT2D eigenvalue weighted by Gasteiger charge is 2.22. The minimum absolute atomic E-state index is 0.468. The first-order valence-corrected chi connectivity index (χ1v) is 7.58. The Bertz CT molecular complexity index is 1220. The molecule has 0 spiro atoms. The molecule has 0 aliphatic heterocycles. The third-order valence-electron chi connectivity index (χ3n) is 1.77. The van der Waals surface area contributed by atoms with Crippen molar-refractivity contribution in [3.63, 3.8) is 0 Å². The average Bonchev–Trinajstić information content (AvgIpc) is 2.79. The second-order valence-corrected chi connectivity index (χ2v) is 6.08. The fourth-order valence-corrected chi connectivity index (χ4v) is 1.57. The van der Waals surface area contributed by atoms with Gasteiger partial charge in [0.2, 0.25) is 0 Å². The Hall–Kier alpha value is 0.0700. The standard InChI is InChI=1S/C17H38NO4P/c1-5-6-7-8-9-10-11-12-13-14-15-17(16-18(2,3)4)22-23(19,20)21/h17H,5-16H2,1-4H3,(H-,19,20,21)/i1D3,5D2,6D2,7D2,8D2,9D2,10D2,11D2,12D2,13D2,14D2,15D2. The van der Waals surface area contributed by atoms with Crippen LogP contribution in [0.25, 0.3) is 0 Å². The molecule has 0 fully saturated rings. The lowest BCUT2D eigenvalue weighted by atomic mass is 10.0. The van der Waals surface area contributed by atoms with Crippen LogP contribution in [0.15, 0.2) is 0 Å². The first-order valence-electron chi connectivity index (χ1n) is 18.6. The zero-order valence-corrected chi connectivity index (χ0v) is 13.7. The highest BCUT2D eigenvalue weighted by molar-refractivity contribution is 7.44. The number of likely N-dealkylation sites (N-methyl/N-ethyl adjacent to an activating group) is 1. The van der Waals surface area contributed by atoms with Gasteiger partial charge in [-0.1, -0.05) is 70.6 Å². The molecule has 23 heavy (non-hydrogen) atoms. The van der Waals surface area contributed by atoms with Gasteiger partial charge in [-0.2, -0.15) is 0 Å². The quantitative estimate of drug-likeness (QED) is 0.348. The van der Waals surface area contributed by atoms with Gasteiger partial charge in [-0.3, -0.25) is 4.57 Å². The van der Waals surface area contributed by atoms with Crippen molar-refractivity contribution in [3.05, 3.63) is 0 Å². The third-order valence-corrected chi connectivity index (χ3v) is 2.29. The molecule has 0 heterocycles. The average molecular weight is 377 g/mol. The van der Waals surface area contributed by atoms with E-state index in [0.717, 1.165) is 0 Å². The molecular weight excluding hydrogens is 313 g/mol. The van der Waals surface area contributed by atoms with Crippen LogP contribution in [0.2, 0.25) is 0 Å². The number of phosphoric ester groups is 1. The highest BCUT2D eigenvalue weighted by Crippen LogP contribution is 2.34. The summed E-state index contributed by atoms with van der Waals surface area (Å²) in [5.41, 5.74) is 0. The fraction of sp³-hybridized carbons (Fsp3) is 1.00. The number of hydrogen-bond donors (Lipinski definition) is 1. The minimum atomic E-state index is -5.96. The second kappa shape index (κ2) is 12.4. The Kier molecular flexibility index (Phi) is 2.74. The normalized spacial score (nSPS) is 39.8. The molecule has 0 aliphatic rings. The third kappa shape index (κ3) is 18.3. The molecule has 1 N–H and O–H groups in total. The van der Waals surface area contributed by atoms with Gasteiger partial charge in [0.15, 0.2) is 0 Å². The minimum Gasteiger partial charge on any atom is -0.756 e. The van der Waals surface area contributed by atoms with E-state index in [1.165, 1.54) is 21.1 Å². The Morgan fingerprint density at radius 2 is 1.57 bits per heavy atom. The molecule has 6 heteroatoms. The SMILES string of the molecule is [2H]C([2H])([2H])C([2H])([2H])C([2H])([2H])C([2H])([2H])C([2H])([2H])C([2H])([2H])C([2H])([2H])C([2H])([2H])C([2H])([2H])C([2H])([2H])C([2H])([2H])C([2H])([2H])C(C[N+](C)(C)C)OP(=O)([O-])O. The first-order chi connectivity index (χ1) is 20.1. The number of quaternary nitrogens is 1. The summed E-state index contributed by atoms with van der Waals surface area (Å²) in [5, 5.41) is 0. The molecule has 0 aromatic heterocycles. The van der Waals surface area contributed by atoms with E-state index in [9.17, 15) is 14.4 Å². The van der Waals surface area contributed by atoms with Gasteiger partial charge in [0.05, 0.1) is 21.1 Å². The molecule has 0 radical (unpaired) electrons. The van der Waals surface area contributed by atoms with Crippen molar-refractivity contribution in [2.45, 2.75) is 83.1 Å². The van der Waals surface area contributed by atoms with Crippen LogP contribution in [0.3, 0.4) is 0 Å². The lowest BCUT2D eigenvalue weighted by Crippen LogP contribution is -2.42. The van der Waals surface area contributed by atoms with E-state index in [4.69, 9.17) is 34.3 Å². The van der Waals surface area contributed by atoms with Crippen molar-refractivity contribution >= 4 is 7.82 Å². The number of phosphoric acid groups is 1.